The maximum atomic E-state index is 12.6. The number of ether oxygens (including phenoxy) is 6. The van der Waals surface area contributed by atoms with Crippen LogP contribution in [0.4, 0.5) is 22.7 Å². The monoisotopic (exact) mass is 1030 g/mol. The van der Waals surface area contributed by atoms with Crippen molar-refractivity contribution in [3.05, 3.63) is 156 Å². The molecule has 0 saturated heterocycles. The molecule has 8 N–H and O–H groups in total. The lowest BCUT2D eigenvalue weighted by Gasteiger charge is -2.28. The normalized spacial score (nSPS) is 17.3. The van der Waals surface area contributed by atoms with Crippen LogP contribution in [0.25, 0.3) is 12.2 Å². The summed E-state index contributed by atoms with van der Waals surface area (Å²) in [6.07, 6.45) is 27.4. The van der Waals surface area contributed by atoms with Gasteiger partial charge >= 0.3 is 23.9 Å². The van der Waals surface area contributed by atoms with Crippen LogP contribution < -0.4 is 22.9 Å². The molecule has 0 bridgehead atoms. The highest BCUT2D eigenvalue weighted by atomic mass is 16.6. The van der Waals surface area contributed by atoms with Crippen molar-refractivity contribution in [3.63, 3.8) is 0 Å². The van der Waals surface area contributed by atoms with Gasteiger partial charge in [0.15, 0.2) is 0 Å². The van der Waals surface area contributed by atoms with E-state index in [1.165, 1.54) is 37.8 Å². The highest BCUT2D eigenvalue weighted by Crippen LogP contribution is 2.27. The van der Waals surface area contributed by atoms with Crippen molar-refractivity contribution in [1.82, 2.24) is 0 Å². The molecule has 4 aromatic rings. The van der Waals surface area contributed by atoms with Gasteiger partial charge in [0.05, 0.1) is 23.3 Å². The van der Waals surface area contributed by atoms with E-state index in [-0.39, 0.29) is 49.6 Å². The summed E-state index contributed by atoms with van der Waals surface area (Å²) in [5.41, 5.74) is 29.0. The number of unbranched alkanes of at least 4 members (excludes halogenated alkanes) is 7. The zero-order valence-corrected chi connectivity index (χ0v) is 43.5. The first-order chi connectivity index (χ1) is 36.3. The van der Waals surface area contributed by atoms with Crippen molar-refractivity contribution in [2.45, 2.75) is 147 Å². The molecule has 14 nitrogen and oxygen atoms in total. The quantitative estimate of drug-likeness (QED) is 0.0109. The van der Waals surface area contributed by atoms with E-state index < -0.39 is 11.9 Å². The van der Waals surface area contributed by atoms with Crippen LogP contribution in [-0.4, -0.2) is 61.5 Å². The Hall–Kier alpha value is -7.16. The molecule has 75 heavy (non-hydrogen) atoms. The van der Waals surface area contributed by atoms with Gasteiger partial charge in [-0.1, -0.05) is 55.7 Å². The highest BCUT2D eigenvalue weighted by molar-refractivity contribution is 5.91. The molecule has 2 aliphatic rings. The average Bonchev–Trinajstić information content (AvgIpc) is 3.40. The Labute approximate surface area is 443 Å². The lowest BCUT2D eigenvalue weighted by molar-refractivity contribution is -0.139. The number of hydrogen-bond acceptors (Lipinski definition) is 14. The van der Waals surface area contributed by atoms with Gasteiger partial charge in [0.2, 0.25) is 0 Å². The van der Waals surface area contributed by atoms with E-state index in [1.54, 1.807) is 97.1 Å². The lowest BCUT2D eigenvalue weighted by atomic mass is 9.95. The number of nitrogens with two attached hydrogens (primary N) is 4. The molecule has 0 atom stereocenters. The highest BCUT2D eigenvalue weighted by Gasteiger charge is 2.26. The summed E-state index contributed by atoms with van der Waals surface area (Å²) in [6.45, 7) is 9.25. The summed E-state index contributed by atoms with van der Waals surface area (Å²) in [4.78, 5) is 49.2. The molecule has 0 amide bonds. The van der Waals surface area contributed by atoms with Crippen molar-refractivity contribution in [3.8, 4) is 0 Å². The van der Waals surface area contributed by atoms with Crippen molar-refractivity contribution in [2.75, 3.05) is 36.1 Å². The summed E-state index contributed by atoms with van der Waals surface area (Å²) in [6, 6.07) is 24.0. The Kier molecular flexibility index (Phi) is 25.8. The van der Waals surface area contributed by atoms with E-state index in [9.17, 15) is 19.2 Å². The molecule has 402 valence electrons. The molecule has 0 radical (unpaired) electrons. The summed E-state index contributed by atoms with van der Waals surface area (Å²) in [5, 5.41) is 0. The van der Waals surface area contributed by atoms with E-state index in [0.29, 0.717) is 33.9 Å². The van der Waals surface area contributed by atoms with Crippen molar-refractivity contribution in [2.24, 2.45) is 0 Å². The Balaban J connectivity index is 0.000000277. The molecule has 0 aliphatic heterocycles. The fourth-order valence-corrected chi connectivity index (χ4v) is 8.74. The minimum atomic E-state index is -0.489. The van der Waals surface area contributed by atoms with Gasteiger partial charge in [-0.2, -0.15) is 0 Å². The molecule has 2 saturated carbocycles. The summed E-state index contributed by atoms with van der Waals surface area (Å²) >= 11 is 0. The zero-order valence-electron chi connectivity index (χ0n) is 43.5. The minimum Gasteiger partial charge on any atom is -0.459 e. The second-order valence-electron chi connectivity index (χ2n) is 19.1. The first-order valence-electron chi connectivity index (χ1n) is 26.4. The van der Waals surface area contributed by atoms with Gasteiger partial charge in [0, 0.05) is 48.1 Å². The standard InChI is InChI=1S/C31H40N2O5.C30H38N2O5/c1-2-3-4-5-6-7-18-36-28-13-15-29(16-14-28)38-31(35)25-11-8-23(9-12-25)10-17-30(34)37-22-24-19-26(32)21-27(33)20-24;1-2-3-4-5-6-17-35-27-12-14-28(15-13-27)37-30(34)24-10-7-22(8-11-24)9-16-29(33)36-21-23-18-25(31)20-26(32)19-23/h2,8-12,17,19-21,28-29H,1,3-7,13-16,18,22,32-33H2;2,7-11,16,18-20,27-28H,1,3-6,12-15,17,21,31-32H2/b17-10+;16-9+. The van der Waals surface area contributed by atoms with Gasteiger partial charge in [-0.3, -0.25) is 0 Å². The summed E-state index contributed by atoms with van der Waals surface area (Å²) in [5.74, 6) is -1.64. The predicted molar refractivity (Wildman–Crippen MR) is 298 cm³/mol. The number of benzene rings is 4. The zero-order chi connectivity index (χ0) is 53.6. The summed E-state index contributed by atoms with van der Waals surface area (Å²) < 4.78 is 33.9. The third-order valence-electron chi connectivity index (χ3n) is 12.8. The van der Waals surface area contributed by atoms with Crippen LogP contribution in [0.1, 0.15) is 152 Å². The number of allylic oxidation sites excluding steroid dienone is 2. The van der Waals surface area contributed by atoms with Crippen molar-refractivity contribution in [1.29, 1.82) is 0 Å². The largest absolute Gasteiger partial charge is 0.459 e. The van der Waals surface area contributed by atoms with Crippen molar-refractivity contribution < 1.29 is 47.6 Å². The molecular weight excluding hydrogens is 949 g/mol. The Bertz CT molecular complexity index is 2430. The summed E-state index contributed by atoms with van der Waals surface area (Å²) in [7, 11) is 0. The minimum absolute atomic E-state index is 0.0767. The topological polar surface area (TPSA) is 228 Å². The van der Waals surface area contributed by atoms with Crippen LogP contribution in [0, 0.1) is 0 Å². The molecule has 4 aromatic carbocycles. The van der Waals surface area contributed by atoms with Gasteiger partial charge in [-0.15, -0.1) is 13.2 Å². The SMILES string of the molecule is C=CCCCCCCOC1CCC(OC(=O)c2ccc(/C=C/C(=O)OCc3cc(N)cc(N)c3)cc2)CC1.C=CCCCCCOC1CCC(OC(=O)c2ccc(/C=C/C(=O)OCc3cc(N)cc(N)c3)cc2)CC1. The molecule has 0 aromatic heterocycles. The average molecular weight is 1030 g/mol. The molecule has 14 heteroatoms. The van der Waals surface area contributed by atoms with Crippen LogP contribution in [0.5, 0.6) is 0 Å². The van der Waals surface area contributed by atoms with Gasteiger partial charge in [0.1, 0.15) is 25.4 Å². The van der Waals surface area contributed by atoms with E-state index in [0.717, 1.165) is 119 Å². The first-order valence-corrected chi connectivity index (χ1v) is 26.4. The number of esters is 4. The van der Waals surface area contributed by atoms with Crippen molar-refractivity contribution >= 4 is 58.8 Å². The molecular formula is C61H78N4O10. The van der Waals surface area contributed by atoms with Crippen LogP contribution in [0.2, 0.25) is 0 Å². The fraction of sp³-hybridized carbons (Fsp3) is 0.410. The number of hydrogen-bond donors (Lipinski definition) is 4. The maximum absolute atomic E-state index is 12.6. The Morgan fingerprint density at radius 3 is 1.15 bits per heavy atom. The number of nitrogen functional groups attached to an aromatic ring is 4. The predicted octanol–water partition coefficient (Wildman–Crippen LogP) is 12.1. The van der Waals surface area contributed by atoms with E-state index in [4.69, 9.17) is 51.4 Å². The lowest BCUT2D eigenvalue weighted by Crippen LogP contribution is -2.28. The molecule has 0 spiro atoms. The van der Waals surface area contributed by atoms with E-state index in [2.05, 4.69) is 13.2 Å². The molecule has 2 fully saturated rings. The van der Waals surface area contributed by atoms with Gasteiger partial charge in [0.25, 0.3) is 0 Å². The molecule has 0 unspecified atom stereocenters. The number of carbonyl (C=O) groups is 4. The Morgan fingerprint density at radius 2 is 0.787 bits per heavy atom. The Morgan fingerprint density at radius 1 is 0.453 bits per heavy atom. The van der Waals surface area contributed by atoms with Gasteiger partial charge in [-0.25, -0.2) is 19.2 Å². The third kappa shape index (κ3) is 23.3. The molecule has 2 aliphatic carbocycles. The van der Waals surface area contributed by atoms with Crippen LogP contribution in [-0.2, 0) is 51.2 Å². The van der Waals surface area contributed by atoms with Crippen LogP contribution >= 0.6 is 0 Å². The first kappa shape index (κ1) is 58.7. The van der Waals surface area contributed by atoms with E-state index in [1.807, 2.05) is 12.2 Å². The molecule has 0 heterocycles. The molecule has 6 rings (SSSR count). The third-order valence-corrected chi connectivity index (χ3v) is 12.8. The maximum Gasteiger partial charge on any atom is 0.338 e. The number of carbonyl (C=O) groups excluding carboxylic acids is 4. The smallest absolute Gasteiger partial charge is 0.338 e. The second kappa shape index (κ2) is 32.9. The fourth-order valence-electron chi connectivity index (χ4n) is 8.74. The number of rotatable bonds is 27. The van der Waals surface area contributed by atoms with E-state index >= 15 is 0 Å². The van der Waals surface area contributed by atoms with Gasteiger partial charge in [-0.05, 0) is 185 Å². The van der Waals surface area contributed by atoms with Crippen LogP contribution in [0.15, 0.2) is 122 Å². The second-order valence-corrected chi connectivity index (χ2v) is 19.1. The van der Waals surface area contributed by atoms with Crippen LogP contribution in [0.3, 0.4) is 0 Å². The number of anilines is 4. The van der Waals surface area contributed by atoms with Gasteiger partial charge < -0.3 is 51.4 Å².